The Labute approximate surface area is 213 Å². The maximum absolute atomic E-state index is 12.9. The highest BCUT2D eigenvalue weighted by molar-refractivity contribution is 6.13. The molecule has 0 bridgehead atoms. The van der Waals surface area contributed by atoms with Gasteiger partial charge >= 0.3 is 23.9 Å². The molecule has 0 aromatic heterocycles. The zero-order valence-electron chi connectivity index (χ0n) is 20.5. The second-order valence-electron chi connectivity index (χ2n) is 9.93. The Kier molecular flexibility index (Phi) is 8.27. The molecule has 0 spiro atoms. The van der Waals surface area contributed by atoms with Gasteiger partial charge in [0.2, 0.25) is 6.29 Å². The van der Waals surface area contributed by atoms with Gasteiger partial charge in [-0.1, -0.05) is 38.7 Å². The van der Waals surface area contributed by atoms with Gasteiger partial charge in [-0.15, -0.1) is 0 Å². The van der Waals surface area contributed by atoms with Crippen LogP contribution in [0.4, 0.5) is 0 Å². The van der Waals surface area contributed by atoms with Crippen molar-refractivity contribution in [1.82, 2.24) is 0 Å². The van der Waals surface area contributed by atoms with Crippen LogP contribution in [0.25, 0.3) is 0 Å². The lowest BCUT2D eigenvalue weighted by atomic mass is 9.80. The molecule has 4 aliphatic rings. The van der Waals surface area contributed by atoms with Gasteiger partial charge in [-0.3, -0.25) is 0 Å². The number of esters is 4. The summed E-state index contributed by atoms with van der Waals surface area (Å²) in [5.74, 6) is -6.05. The van der Waals surface area contributed by atoms with Crippen molar-refractivity contribution in [2.45, 2.75) is 89.0 Å². The first-order valence-electron chi connectivity index (χ1n) is 12.7. The van der Waals surface area contributed by atoms with Gasteiger partial charge in [0, 0.05) is 24.0 Å². The van der Waals surface area contributed by atoms with Gasteiger partial charge in [-0.2, -0.15) is 0 Å². The van der Waals surface area contributed by atoms with Gasteiger partial charge in [0.05, 0.1) is 35.0 Å². The highest BCUT2D eigenvalue weighted by atomic mass is 16.6. The number of carbonyl (C=O) groups is 4. The molecule has 0 aromatic rings. The van der Waals surface area contributed by atoms with Crippen LogP contribution in [0.3, 0.4) is 0 Å². The molecule has 0 saturated carbocycles. The Bertz CT molecular complexity index is 1050. The Morgan fingerprint density at radius 3 is 2.41 bits per heavy atom. The van der Waals surface area contributed by atoms with Gasteiger partial charge in [0.25, 0.3) is 0 Å². The summed E-state index contributed by atoms with van der Waals surface area (Å²) in [6.07, 6.45) is -1.25. The number of carbonyl (C=O) groups excluding carboxylic acids is 4. The van der Waals surface area contributed by atoms with Crippen molar-refractivity contribution >= 4 is 23.9 Å². The molecule has 0 amide bonds. The monoisotopic (exact) mass is 520 g/mol. The SMILES string of the molecule is CCCCCC[C@H](O)C1C2=C(CC([C@H](O)C3CC=CC(=O)O3)CC3=C(C(=O)OC3=O)[C@H]1O)C(O)OC2=O. The predicted molar refractivity (Wildman–Crippen MR) is 124 cm³/mol. The van der Waals surface area contributed by atoms with Crippen molar-refractivity contribution in [2.24, 2.45) is 11.8 Å². The molecule has 0 aromatic carbocycles. The minimum Gasteiger partial charge on any atom is -0.456 e. The third-order valence-electron chi connectivity index (χ3n) is 7.50. The van der Waals surface area contributed by atoms with Crippen LogP contribution in [0, 0.1) is 11.8 Å². The van der Waals surface area contributed by atoms with Crippen molar-refractivity contribution in [2.75, 3.05) is 0 Å². The van der Waals surface area contributed by atoms with Gasteiger partial charge in [-0.05, 0) is 25.2 Å². The van der Waals surface area contributed by atoms with Crippen LogP contribution in [-0.2, 0) is 33.4 Å². The Balaban J connectivity index is 1.77. The molecule has 1 aliphatic carbocycles. The summed E-state index contributed by atoms with van der Waals surface area (Å²) in [6, 6.07) is 0. The molecule has 0 fully saturated rings. The number of hydrogen-bond acceptors (Lipinski definition) is 11. The standard InChI is InChI=1S/C26H32O11/c1-2-3-4-5-7-15(27)20-18-13(23(31)36-25(18)33)10-12(21(29)16-8-6-9-17(28)35-16)11-14-19(22(20)30)26(34)37-24(14)32/h6,9,12,15-16,20-23,27,29-31H,2-5,7-8,10-11H2,1H3/t12?,15-,16?,20?,21-,22+,23?/m0/s1. The van der Waals surface area contributed by atoms with E-state index in [1.54, 1.807) is 0 Å². The second kappa shape index (κ2) is 11.3. The van der Waals surface area contributed by atoms with E-state index >= 15 is 0 Å². The molecule has 37 heavy (non-hydrogen) atoms. The summed E-state index contributed by atoms with van der Waals surface area (Å²) >= 11 is 0. The van der Waals surface area contributed by atoms with Crippen molar-refractivity contribution in [3.05, 3.63) is 34.4 Å². The fraction of sp³-hybridized carbons (Fsp3) is 0.615. The van der Waals surface area contributed by atoms with E-state index in [4.69, 9.17) is 14.2 Å². The fourth-order valence-electron chi connectivity index (χ4n) is 5.59. The topological polar surface area (TPSA) is 177 Å². The van der Waals surface area contributed by atoms with E-state index in [2.05, 4.69) is 0 Å². The van der Waals surface area contributed by atoms with Gasteiger partial charge < -0.3 is 34.6 Å². The predicted octanol–water partition coefficient (Wildman–Crippen LogP) is 0.489. The number of rotatable bonds is 8. The van der Waals surface area contributed by atoms with Crippen LogP contribution in [0.2, 0.25) is 0 Å². The Morgan fingerprint density at radius 1 is 0.946 bits per heavy atom. The summed E-state index contributed by atoms with van der Waals surface area (Å²) < 4.78 is 15.0. The zero-order chi connectivity index (χ0) is 26.9. The lowest BCUT2D eigenvalue weighted by Crippen LogP contribution is -2.39. The lowest BCUT2D eigenvalue weighted by Gasteiger charge is -2.31. The summed E-state index contributed by atoms with van der Waals surface area (Å²) in [4.78, 5) is 49.9. The molecule has 3 aliphatic heterocycles. The van der Waals surface area contributed by atoms with Crippen LogP contribution in [0.5, 0.6) is 0 Å². The summed E-state index contributed by atoms with van der Waals surface area (Å²) in [7, 11) is 0. The summed E-state index contributed by atoms with van der Waals surface area (Å²) in [5, 5.41) is 44.2. The number of aliphatic hydroxyl groups excluding tert-OH is 4. The molecule has 4 rings (SSSR count). The van der Waals surface area contributed by atoms with E-state index in [0.717, 1.165) is 19.3 Å². The molecule has 4 unspecified atom stereocenters. The molecule has 4 N–H and O–H groups in total. The maximum atomic E-state index is 12.9. The molecule has 202 valence electrons. The third kappa shape index (κ3) is 5.40. The van der Waals surface area contributed by atoms with E-state index in [1.807, 2.05) is 6.92 Å². The third-order valence-corrected chi connectivity index (χ3v) is 7.50. The number of aliphatic hydroxyl groups is 4. The molecule has 3 heterocycles. The highest BCUT2D eigenvalue weighted by Gasteiger charge is 2.51. The fourth-order valence-corrected chi connectivity index (χ4v) is 5.59. The van der Waals surface area contributed by atoms with Crippen LogP contribution in [0.1, 0.15) is 58.3 Å². The van der Waals surface area contributed by atoms with E-state index < -0.39 is 72.0 Å². The van der Waals surface area contributed by atoms with Gasteiger partial charge in [0.15, 0.2) is 0 Å². The first kappa shape index (κ1) is 27.2. The van der Waals surface area contributed by atoms with E-state index in [0.29, 0.717) is 6.42 Å². The van der Waals surface area contributed by atoms with E-state index in [1.165, 1.54) is 12.2 Å². The highest BCUT2D eigenvalue weighted by Crippen LogP contribution is 2.44. The molecule has 0 saturated heterocycles. The normalized spacial score (nSPS) is 31.6. The van der Waals surface area contributed by atoms with Crippen molar-refractivity contribution < 1.29 is 53.8 Å². The van der Waals surface area contributed by atoms with E-state index in [9.17, 15) is 39.6 Å². The number of cyclic esters (lactones) is 4. The van der Waals surface area contributed by atoms with Crippen LogP contribution in [-0.4, -0.2) is 75.0 Å². The van der Waals surface area contributed by atoms with Crippen LogP contribution < -0.4 is 0 Å². The molecule has 0 radical (unpaired) electrons. The zero-order valence-corrected chi connectivity index (χ0v) is 20.5. The molecule has 7 atom stereocenters. The molecule has 11 heteroatoms. The van der Waals surface area contributed by atoms with Crippen molar-refractivity contribution in [1.29, 1.82) is 0 Å². The first-order chi connectivity index (χ1) is 17.6. The van der Waals surface area contributed by atoms with Crippen molar-refractivity contribution in [3.8, 4) is 0 Å². The number of hydrogen-bond donors (Lipinski definition) is 4. The minimum absolute atomic E-state index is 0.0328. The van der Waals surface area contributed by atoms with Gasteiger partial charge in [-0.25, -0.2) is 19.2 Å². The largest absolute Gasteiger partial charge is 0.456 e. The van der Waals surface area contributed by atoms with Crippen LogP contribution in [0.15, 0.2) is 34.4 Å². The Morgan fingerprint density at radius 2 is 1.70 bits per heavy atom. The average Bonchev–Trinajstić information content (AvgIpc) is 3.30. The van der Waals surface area contributed by atoms with E-state index in [-0.39, 0.29) is 42.4 Å². The van der Waals surface area contributed by atoms with Crippen LogP contribution >= 0.6 is 0 Å². The number of ether oxygens (including phenoxy) is 3. The van der Waals surface area contributed by atoms with Crippen molar-refractivity contribution in [3.63, 3.8) is 0 Å². The second-order valence-corrected chi connectivity index (χ2v) is 9.93. The molecular formula is C26H32O11. The minimum atomic E-state index is -1.80. The molecular weight excluding hydrogens is 488 g/mol. The number of unbranched alkanes of at least 4 members (excludes halogenated alkanes) is 3. The maximum Gasteiger partial charge on any atom is 0.345 e. The summed E-state index contributed by atoms with van der Waals surface area (Å²) in [6.45, 7) is 2.03. The summed E-state index contributed by atoms with van der Waals surface area (Å²) in [5.41, 5.74) is -0.748. The smallest absolute Gasteiger partial charge is 0.345 e. The Hall–Kier alpha value is -2.86. The first-order valence-corrected chi connectivity index (χ1v) is 12.7. The van der Waals surface area contributed by atoms with Gasteiger partial charge in [0.1, 0.15) is 6.10 Å². The quantitative estimate of drug-likeness (QED) is 0.152. The molecule has 11 nitrogen and oxygen atoms in total. The average molecular weight is 521 g/mol. The lowest BCUT2D eigenvalue weighted by molar-refractivity contribution is -0.155.